The fourth-order valence-corrected chi connectivity index (χ4v) is 4.36. The topological polar surface area (TPSA) is 55.7 Å². The Hall–Kier alpha value is -1.48. The van der Waals surface area contributed by atoms with Gasteiger partial charge in [0.25, 0.3) is 0 Å². The van der Waals surface area contributed by atoms with Gasteiger partial charge in [-0.2, -0.15) is 0 Å². The number of anilines is 1. The van der Waals surface area contributed by atoms with Gasteiger partial charge in [0, 0.05) is 45.0 Å². The second-order valence-corrected chi connectivity index (χ2v) is 7.56. The van der Waals surface area contributed by atoms with Crippen LogP contribution >= 0.6 is 11.3 Å². The number of morpholine rings is 2. The normalized spacial score (nSPS) is 20.8. The van der Waals surface area contributed by atoms with E-state index < -0.39 is 0 Å². The lowest BCUT2D eigenvalue weighted by molar-refractivity contribution is 0.0326. The molecule has 7 nitrogen and oxygen atoms in total. The van der Waals surface area contributed by atoms with E-state index in [1.807, 2.05) is 18.7 Å². The standard InChI is InChI=1S/C17H25N5O2S/c1-14(12-20-2-6-23-7-3-20)22-13-18-10-15(22)16-11-19-17(25-16)21-4-8-24-9-5-21/h10-11,13-14H,2-9,12H2,1H3. The number of rotatable bonds is 5. The van der Waals surface area contributed by atoms with Crippen molar-refractivity contribution < 1.29 is 9.47 Å². The molecular formula is C17H25N5O2S. The van der Waals surface area contributed by atoms with Crippen molar-refractivity contribution in [3.05, 3.63) is 18.7 Å². The van der Waals surface area contributed by atoms with Crippen molar-refractivity contribution in [3.63, 3.8) is 0 Å². The second-order valence-electron chi connectivity index (χ2n) is 6.55. The smallest absolute Gasteiger partial charge is 0.186 e. The van der Waals surface area contributed by atoms with Crippen LogP contribution in [-0.4, -0.2) is 78.6 Å². The minimum atomic E-state index is 0.365. The zero-order valence-electron chi connectivity index (χ0n) is 14.6. The van der Waals surface area contributed by atoms with E-state index in [4.69, 9.17) is 9.47 Å². The van der Waals surface area contributed by atoms with Gasteiger partial charge in [-0.25, -0.2) is 9.97 Å². The lowest BCUT2D eigenvalue weighted by atomic mass is 10.2. The second kappa shape index (κ2) is 7.82. The molecule has 8 heteroatoms. The maximum Gasteiger partial charge on any atom is 0.186 e. The average Bonchev–Trinajstić information content (AvgIpc) is 3.32. The molecule has 0 radical (unpaired) electrons. The Labute approximate surface area is 152 Å². The highest BCUT2D eigenvalue weighted by Gasteiger charge is 2.20. The summed E-state index contributed by atoms with van der Waals surface area (Å²) in [4.78, 5) is 15.0. The summed E-state index contributed by atoms with van der Waals surface area (Å²) in [7, 11) is 0. The fourth-order valence-electron chi connectivity index (χ4n) is 3.38. The molecule has 1 unspecified atom stereocenters. The van der Waals surface area contributed by atoms with Crippen LogP contribution in [0.2, 0.25) is 0 Å². The zero-order chi connectivity index (χ0) is 17.1. The minimum absolute atomic E-state index is 0.365. The quantitative estimate of drug-likeness (QED) is 0.807. The van der Waals surface area contributed by atoms with Gasteiger partial charge in [-0.3, -0.25) is 4.90 Å². The number of ether oxygens (including phenoxy) is 2. The molecule has 0 spiro atoms. The Balaban J connectivity index is 1.48. The van der Waals surface area contributed by atoms with Gasteiger partial charge >= 0.3 is 0 Å². The molecule has 0 aromatic carbocycles. The Kier molecular flexibility index (Phi) is 5.30. The van der Waals surface area contributed by atoms with Gasteiger partial charge in [-0.15, -0.1) is 0 Å². The molecule has 0 bridgehead atoms. The third kappa shape index (κ3) is 3.87. The Morgan fingerprint density at radius 3 is 2.56 bits per heavy atom. The fraction of sp³-hybridized carbons (Fsp3) is 0.647. The third-order valence-corrected chi connectivity index (χ3v) is 5.88. The summed E-state index contributed by atoms with van der Waals surface area (Å²) < 4.78 is 13.1. The molecule has 4 rings (SSSR count). The van der Waals surface area contributed by atoms with Crippen LogP contribution in [0.3, 0.4) is 0 Å². The first-order valence-electron chi connectivity index (χ1n) is 8.92. The van der Waals surface area contributed by atoms with Gasteiger partial charge in [0.1, 0.15) is 0 Å². The van der Waals surface area contributed by atoms with Crippen molar-refractivity contribution in [2.75, 3.05) is 64.1 Å². The van der Waals surface area contributed by atoms with Crippen molar-refractivity contribution in [2.45, 2.75) is 13.0 Å². The number of imidazole rings is 1. The number of thiazole rings is 1. The van der Waals surface area contributed by atoms with Gasteiger partial charge < -0.3 is 18.9 Å². The van der Waals surface area contributed by atoms with E-state index in [9.17, 15) is 0 Å². The summed E-state index contributed by atoms with van der Waals surface area (Å²) in [5, 5.41) is 1.08. The maximum atomic E-state index is 5.44. The zero-order valence-corrected chi connectivity index (χ0v) is 15.5. The third-order valence-electron chi connectivity index (χ3n) is 4.79. The predicted octanol–water partition coefficient (Wildman–Crippen LogP) is 1.74. The van der Waals surface area contributed by atoms with Gasteiger partial charge in [0.05, 0.1) is 49.5 Å². The van der Waals surface area contributed by atoms with Crippen molar-refractivity contribution in [1.29, 1.82) is 0 Å². The molecule has 2 aromatic rings. The van der Waals surface area contributed by atoms with Gasteiger partial charge in [-0.1, -0.05) is 11.3 Å². The summed E-state index contributed by atoms with van der Waals surface area (Å²) in [5.41, 5.74) is 1.15. The van der Waals surface area contributed by atoms with E-state index in [0.717, 1.165) is 70.0 Å². The largest absolute Gasteiger partial charge is 0.379 e. The maximum absolute atomic E-state index is 5.44. The van der Waals surface area contributed by atoms with Crippen LogP contribution in [0.25, 0.3) is 10.6 Å². The van der Waals surface area contributed by atoms with Crippen molar-refractivity contribution >= 4 is 16.5 Å². The molecule has 2 aliphatic rings. The number of aromatic nitrogens is 3. The molecule has 25 heavy (non-hydrogen) atoms. The lowest BCUT2D eigenvalue weighted by Crippen LogP contribution is -2.39. The Morgan fingerprint density at radius 1 is 1.08 bits per heavy atom. The molecule has 136 valence electrons. The molecule has 0 saturated carbocycles. The lowest BCUT2D eigenvalue weighted by Gasteiger charge is -2.30. The van der Waals surface area contributed by atoms with E-state index in [2.05, 4.69) is 31.3 Å². The van der Waals surface area contributed by atoms with Crippen LogP contribution in [0.5, 0.6) is 0 Å². The number of hydrogen-bond donors (Lipinski definition) is 0. The van der Waals surface area contributed by atoms with E-state index in [1.54, 1.807) is 11.3 Å². The van der Waals surface area contributed by atoms with Crippen molar-refractivity contribution in [2.24, 2.45) is 0 Å². The summed E-state index contributed by atoms with van der Waals surface area (Å²) >= 11 is 1.74. The SMILES string of the molecule is CC(CN1CCOCC1)n1cncc1-c1cnc(N2CCOCC2)s1. The van der Waals surface area contributed by atoms with E-state index in [1.165, 1.54) is 4.88 Å². The number of nitrogens with zero attached hydrogens (tertiary/aromatic N) is 5. The minimum Gasteiger partial charge on any atom is -0.379 e. The van der Waals surface area contributed by atoms with Gasteiger partial charge in [0.15, 0.2) is 5.13 Å². The van der Waals surface area contributed by atoms with Gasteiger partial charge in [0.2, 0.25) is 0 Å². The van der Waals surface area contributed by atoms with Crippen LogP contribution in [0, 0.1) is 0 Å². The highest BCUT2D eigenvalue weighted by molar-refractivity contribution is 7.18. The first-order valence-corrected chi connectivity index (χ1v) is 9.74. The van der Waals surface area contributed by atoms with E-state index >= 15 is 0 Å². The summed E-state index contributed by atoms with van der Waals surface area (Å²) in [6, 6.07) is 0.365. The predicted molar refractivity (Wildman–Crippen MR) is 98.3 cm³/mol. The molecule has 2 aromatic heterocycles. The highest BCUT2D eigenvalue weighted by Crippen LogP contribution is 2.32. The number of hydrogen-bond acceptors (Lipinski definition) is 7. The highest BCUT2D eigenvalue weighted by atomic mass is 32.1. The van der Waals surface area contributed by atoms with Crippen LogP contribution in [0.1, 0.15) is 13.0 Å². The first kappa shape index (κ1) is 17.0. The molecule has 4 heterocycles. The summed E-state index contributed by atoms with van der Waals surface area (Å²) in [6.45, 7) is 10.4. The molecule has 0 N–H and O–H groups in total. The average molecular weight is 363 g/mol. The van der Waals surface area contributed by atoms with Crippen LogP contribution < -0.4 is 4.90 Å². The summed E-state index contributed by atoms with van der Waals surface area (Å²) in [5.74, 6) is 0. The molecule has 0 amide bonds. The Bertz CT molecular complexity index is 676. The Morgan fingerprint density at radius 2 is 1.80 bits per heavy atom. The molecular weight excluding hydrogens is 338 g/mol. The van der Waals surface area contributed by atoms with Crippen molar-refractivity contribution in [3.8, 4) is 10.6 Å². The first-order chi connectivity index (χ1) is 12.3. The molecule has 0 aliphatic carbocycles. The van der Waals surface area contributed by atoms with Crippen LogP contribution in [-0.2, 0) is 9.47 Å². The molecule has 1 atom stereocenters. The summed E-state index contributed by atoms with van der Waals surface area (Å²) in [6.07, 6.45) is 5.87. The van der Waals surface area contributed by atoms with Gasteiger partial charge in [-0.05, 0) is 6.92 Å². The molecule has 2 aliphatic heterocycles. The van der Waals surface area contributed by atoms with Crippen molar-refractivity contribution in [1.82, 2.24) is 19.4 Å². The monoisotopic (exact) mass is 363 g/mol. The molecule has 2 saturated heterocycles. The van der Waals surface area contributed by atoms with E-state index in [-0.39, 0.29) is 0 Å². The molecule has 2 fully saturated rings. The van der Waals surface area contributed by atoms with Crippen LogP contribution in [0.4, 0.5) is 5.13 Å². The van der Waals surface area contributed by atoms with E-state index in [0.29, 0.717) is 6.04 Å². The van der Waals surface area contributed by atoms with Crippen LogP contribution in [0.15, 0.2) is 18.7 Å².